The van der Waals surface area contributed by atoms with Gasteiger partial charge in [-0.05, 0) is 23.3 Å². The Balaban J connectivity index is 0.00000280. The molecule has 150 valence electrons. The molecular formula is C20H23ClFN3O3. The Hall–Kier alpha value is -2.64. The lowest BCUT2D eigenvalue weighted by Crippen LogP contribution is -2.41. The first kappa shape index (κ1) is 21.7. The lowest BCUT2D eigenvalue weighted by molar-refractivity contribution is -0.145. The Labute approximate surface area is 169 Å². The molecule has 3 atom stereocenters. The molecule has 3 unspecified atom stereocenters. The first-order valence-corrected chi connectivity index (χ1v) is 8.69. The summed E-state index contributed by atoms with van der Waals surface area (Å²) in [5.41, 5.74) is 7.61. The van der Waals surface area contributed by atoms with Crippen LogP contribution in [0.1, 0.15) is 17.2 Å². The van der Waals surface area contributed by atoms with Gasteiger partial charge < -0.3 is 20.7 Å². The molecule has 1 fully saturated rings. The van der Waals surface area contributed by atoms with Crippen LogP contribution in [0.2, 0.25) is 0 Å². The number of benzene rings is 2. The molecule has 0 aliphatic carbocycles. The molecule has 0 radical (unpaired) electrons. The number of esters is 1. The molecule has 1 aliphatic heterocycles. The Bertz CT molecular complexity index is 804. The summed E-state index contributed by atoms with van der Waals surface area (Å²) in [5.74, 6) is -1.30. The number of carbonyl (C=O) groups is 2. The highest BCUT2D eigenvalue weighted by Crippen LogP contribution is 2.24. The predicted molar refractivity (Wildman–Crippen MR) is 106 cm³/mol. The molecule has 2 aromatic carbocycles. The number of urea groups is 1. The van der Waals surface area contributed by atoms with Crippen LogP contribution >= 0.6 is 12.4 Å². The Morgan fingerprint density at radius 3 is 2.32 bits per heavy atom. The van der Waals surface area contributed by atoms with Gasteiger partial charge in [-0.25, -0.2) is 9.18 Å². The largest absolute Gasteiger partial charge is 0.469 e. The molecule has 3 rings (SSSR count). The van der Waals surface area contributed by atoms with Crippen molar-refractivity contribution in [2.45, 2.75) is 12.1 Å². The van der Waals surface area contributed by atoms with Crippen molar-refractivity contribution < 1.29 is 18.7 Å². The lowest BCUT2D eigenvalue weighted by Gasteiger charge is -2.24. The second-order valence-electron chi connectivity index (χ2n) is 6.54. The smallest absolute Gasteiger partial charge is 0.318 e. The van der Waals surface area contributed by atoms with Gasteiger partial charge in [-0.1, -0.05) is 42.5 Å². The number of halogens is 2. The first-order chi connectivity index (χ1) is 13.0. The van der Waals surface area contributed by atoms with Crippen LogP contribution in [0.4, 0.5) is 9.18 Å². The standard InChI is InChI=1S/C20H22FN3O3.ClH/c1-27-19(25)16-11-24(12-17(16)22)20(26)23-18(13-5-3-2-4-6-13)14-7-9-15(21)10-8-14;/h2-10,16-18H,11-12,22H2,1H3,(H,23,26);1H. The summed E-state index contributed by atoms with van der Waals surface area (Å²) in [6, 6.07) is 14.1. The summed E-state index contributed by atoms with van der Waals surface area (Å²) in [7, 11) is 1.30. The second-order valence-corrected chi connectivity index (χ2v) is 6.54. The Morgan fingerprint density at radius 1 is 1.11 bits per heavy atom. The topological polar surface area (TPSA) is 84.7 Å². The van der Waals surface area contributed by atoms with Gasteiger partial charge in [-0.3, -0.25) is 4.79 Å². The highest BCUT2D eigenvalue weighted by Gasteiger charge is 2.38. The zero-order chi connectivity index (χ0) is 19.4. The van der Waals surface area contributed by atoms with Crippen LogP contribution in [0, 0.1) is 11.7 Å². The van der Waals surface area contributed by atoms with Gasteiger partial charge in [-0.15, -0.1) is 12.4 Å². The molecule has 1 aliphatic rings. The third-order valence-electron chi connectivity index (χ3n) is 4.76. The van der Waals surface area contributed by atoms with Crippen molar-refractivity contribution in [3.63, 3.8) is 0 Å². The number of likely N-dealkylation sites (tertiary alicyclic amines) is 1. The van der Waals surface area contributed by atoms with Crippen molar-refractivity contribution in [2.24, 2.45) is 11.7 Å². The Kier molecular flexibility index (Phi) is 7.37. The molecule has 2 amide bonds. The zero-order valence-electron chi connectivity index (χ0n) is 15.4. The van der Waals surface area contributed by atoms with E-state index in [4.69, 9.17) is 10.5 Å². The predicted octanol–water partition coefficient (Wildman–Crippen LogP) is 2.48. The van der Waals surface area contributed by atoms with Gasteiger partial charge in [0.2, 0.25) is 0 Å². The van der Waals surface area contributed by atoms with E-state index in [-0.39, 0.29) is 37.3 Å². The van der Waals surface area contributed by atoms with Crippen LogP contribution in [-0.4, -0.2) is 43.1 Å². The van der Waals surface area contributed by atoms with E-state index in [1.165, 1.54) is 24.1 Å². The van der Waals surface area contributed by atoms with E-state index in [9.17, 15) is 14.0 Å². The molecule has 1 heterocycles. The molecule has 0 aromatic heterocycles. The zero-order valence-corrected chi connectivity index (χ0v) is 16.2. The molecule has 0 bridgehead atoms. The molecule has 8 heteroatoms. The van der Waals surface area contributed by atoms with E-state index in [1.807, 2.05) is 30.3 Å². The summed E-state index contributed by atoms with van der Waals surface area (Å²) < 4.78 is 18.1. The van der Waals surface area contributed by atoms with Crippen molar-refractivity contribution in [1.29, 1.82) is 0 Å². The monoisotopic (exact) mass is 407 g/mol. The van der Waals surface area contributed by atoms with Gasteiger partial charge >= 0.3 is 12.0 Å². The van der Waals surface area contributed by atoms with Crippen LogP contribution < -0.4 is 11.1 Å². The van der Waals surface area contributed by atoms with Crippen LogP contribution in [0.3, 0.4) is 0 Å². The number of methoxy groups -OCH3 is 1. The number of nitrogens with zero attached hydrogens (tertiary/aromatic N) is 1. The molecule has 0 spiro atoms. The molecule has 6 nitrogen and oxygen atoms in total. The second kappa shape index (κ2) is 9.52. The number of hydrogen-bond acceptors (Lipinski definition) is 4. The fourth-order valence-corrected chi connectivity index (χ4v) is 3.27. The maximum Gasteiger partial charge on any atom is 0.318 e. The van der Waals surface area contributed by atoms with E-state index in [1.54, 1.807) is 12.1 Å². The third kappa shape index (κ3) is 4.79. The fraction of sp³-hybridized carbons (Fsp3) is 0.300. The van der Waals surface area contributed by atoms with Gasteiger partial charge in [0.05, 0.1) is 19.1 Å². The van der Waals surface area contributed by atoms with Gasteiger partial charge in [0.25, 0.3) is 0 Å². The van der Waals surface area contributed by atoms with Crippen molar-refractivity contribution in [2.75, 3.05) is 20.2 Å². The van der Waals surface area contributed by atoms with Crippen molar-refractivity contribution in [1.82, 2.24) is 10.2 Å². The average Bonchev–Trinajstić information content (AvgIpc) is 3.08. The first-order valence-electron chi connectivity index (χ1n) is 8.69. The molecular weight excluding hydrogens is 385 g/mol. The fourth-order valence-electron chi connectivity index (χ4n) is 3.27. The normalized spacial score (nSPS) is 19.5. The SMILES string of the molecule is COC(=O)C1CN(C(=O)NC(c2ccccc2)c2ccc(F)cc2)CC1N.Cl. The minimum atomic E-state index is -0.540. The number of ether oxygens (including phenoxy) is 1. The molecule has 2 aromatic rings. The summed E-state index contributed by atoms with van der Waals surface area (Å²) in [6.45, 7) is 0.459. The van der Waals surface area contributed by atoms with Crippen LogP contribution in [0.5, 0.6) is 0 Å². The molecule has 0 saturated carbocycles. The van der Waals surface area contributed by atoms with Gasteiger partial charge in [-0.2, -0.15) is 0 Å². The summed E-state index contributed by atoms with van der Waals surface area (Å²) in [6.07, 6.45) is 0. The summed E-state index contributed by atoms with van der Waals surface area (Å²) >= 11 is 0. The number of amides is 2. The van der Waals surface area contributed by atoms with E-state index in [0.29, 0.717) is 0 Å². The minimum absolute atomic E-state index is 0. The number of carbonyl (C=O) groups excluding carboxylic acids is 2. The number of hydrogen-bond donors (Lipinski definition) is 2. The maximum atomic E-state index is 13.3. The van der Waals surface area contributed by atoms with Gasteiger partial charge in [0.1, 0.15) is 5.82 Å². The highest BCUT2D eigenvalue weighted by molar-refractivity contribution is 5.85. The van der Waals surface area contributed by atoms with E-state index >= 15 is 0 Å². The van der Waals surface area contributed by atoms with Gasteiger partial charge in [0.15, 0.2) is 0 Å². The van der Waals surface area contributed by atoms with Crippen LogP contribution in [0.25, 0.3) is 0 Å². The molecule has 28 heavy (non-hydrogen) atoms. The minimum Gasteiger partial charge on any atom is -0.469 e. The Morgan fingerprint density at radius 2 is 1.71 bits per heavy atom. The third-order valence-corrected chi connectivity index (χ3v) is 4.76. The number of nitrogens with two attached hydrogens (primary N) is 1. The van der Waals surface area contributed by atoms with Crippen molar-refractivity contribution >= 4 is 24.4 Å². The van der Waals surface area contributed by atoms with E-state index in [0.717, 1.165) is 11.1 Å². The van der Waals surface area contributed by atoms with Crippen LogP contribution in [-0.2, 0) is 9.53 Å². The van der Waals surface area contributed by atoms with Crippen LogP contribution in [0.15, 0.2) is 54.6 Å². The van der Waals surface area contributed by atoms with Gasteiger partial charge in [0, 0.05) is 19.1 Å². The molecule has 3 N–H and O–H groups in total. The van der Waals surface area contributed by atoms with Crippen molar-refractivity contribution in [3.8, 4) is 0 Å². The van der Waals surface area contributed by atoms with E-state index < -0.39 is 24.0 Å². The summed E-state index contributed by atoms with van der Waals surface area (Å²) in [5, 5.41) is 2.97. The van der Waals surface area contributed by atoms with Crippen molar-refractivity contribution in [3.05, 3.63) is 71.5 Å². The number of nitrogens with one attached hydrogen (secondary N) is 1. The summed E-state index contributed by atoms with van der Waals surface area (Å²) in [4.78, 5) is 26.1. The lowest BCUT2D eigenvalue weighted by atomic mass is 9.99. The van der Waals surface area contributed by atoms with E-state index in [2.05, 4.69) is 5.32 Å². The maximum absolute atomic E-state index is 13.3. The molecule has 1 saturated heterocycles. The average molecular weight is 408 g/mol. The highest BCUT2D eigenvalue weighted by atomic mass is 35.5. The number of rotatable bonds is 4. The quantitative estimate of drug-likeness (QED) is 0.762.